The predicted molar refractivity (Wildman–Crippen MR) is 107 cm³/mol. The molecule has 0 spiro atoms. The number of thioether (sulfide) groups is 1. The van der Waals surface area contributed by atoms with Gasteiger partial charge in [-0.3, -0.25) is 0 Å². The standard InChI is InChI=1S/C20H25NO3S2/c1-15-7-9-18(10-8-15)25-12-11-21-26(22,23)20-14-17-6-4-3-5-16(17)13-19(20)24-2/h7-10,13-14,21H,3-6,11-12H2,1-2H3. The van der Waals surface area contributed by atoms with Crippen LogP contribution in [0.3, 0.4) is 0 Å². The van der Waals surface area contributed by atoms with Gasteiger partial charge in [0.2, 0.25) is 10.0 Å². The first-order valence-electron chi connectivity index (χ1n) is 8.88. The van der Waals surface area contributed by atoms with Crippen LogP contribution in [0, 0.1) is 6.92 Å². The molecule has 0 amide bonds. The van der Waals surface area contributed by atoms with Gasteiger partial charge in [-0.15, -0.1) is 11.8 Å². The monoisotopic (exact) mass is 391 g/mol. The number of hydrogen-bond donors (Lipinski definition) is 1. The Hall–Kier alpha value is -1.50. The molecule has 0 saturated carbocycles. The summed E-state index contributed by atoms with van der Waals surface area (Å²) in [4.78, 5) is 1.39. The average Bonchev–Trinajstić information content (AvgIpc) is 2.65. The van der Waals surface area contributed by atoms with Gasteiger partial charge in [0, 0.05) is 17.2 Å². The minimum atomic E-state index is -3.59. The van der Waals surface area contributed by atoms with Crippen molar-refractivity contribution in [2.75, 3.05) is 19.4 Å². The van der Waals surface area contributed by atoms with Crippen LogP contribution in [0.4, 0.5) is 0 Å². The molecule has 4 nitrogen and oxygen atoms in total. The first kappa shape index (κ1) is 19.3. The molecule has 0 bridgehead atoms. The molecule has 0 fully saturated rings. The minimum Gasteiger partial charge on any atom is -0.495 e. The highest BCUT2D eigenvalue weighted by Gasteiger charge is 2.22. The molecule has 1 N–H and O–H groups in total. The van der Waals surface area contributed by atoms with Crippen molar-refractivity contribution in [2.24, 2.45) is 0 Å². The van der Waals surface area contributed by atoms with Gasteiger partial charge in [0.1, 0.15) is 10.6 Å². The molecule has 2 aromatic rings. The highest BCUT2D eigenvalue weighted by Crippen LogP contribution is 2.31. The highest BCUT2D eigenvalue weighted by atomic mass is 32.2. The van der Waals surface area contributed by atoms with Gasteiger partial charge in [-0.2, -0.15) is 0 Å². The number of sulfonamides is 1. The lowest BCUT2D eigenvalue weighted by Crippen LogP contribution is -2.27. The number of benzene rings is 2. The molecular formula is C20H25NO3S2. The van der Waals surface area contributed by atoms with E-state index in [2.05, 4.69) is 35.9 Å². The van der Waals surface area contributed by atoms with Crippen LogP contribution in [0.1, 0.15) is 29.5 Å². The molecular weight excluding hydrogens is 366 g/mol. The molecule has 0 heterocycles. The average molecular weight is 392 g/mol. The minimum absolute atomic E-state index is 0.251. The summed E-state index contributed by atoms with van der Waals surface area (Å²) >= 11 is 1.64. The maximum absolute atomic E-state index is 12.8. The summed E-state index contributed by atoms with van der Waals surface area (Å²) in [5.74, 6) is 1.11. The lowest BCUT2D eigenvalue weighted by molar-refractivity contribution is 0.401. The molecule has 6 heteroatoms. The molecule has 26 heavy (non-hydrogen) atoms. The molecule has 0 unspecified atom stereocenters. The van der Waals surface area contributed by atoms with Crippen LogP contribution in [-0.2, 0) is 22.9 Å². The third-order valence-corrected chi connectivity index (χ3v) is 7.10. The quantitative estimate of drug-likeness (QED) is 0.573. The number of fused-ring (bicyclic) bond motifs is 1. The van der Waals surface area contributed by atoms with Gasteiger partial charge in [0.25, 0.3) is 0 Å². The Morgan fingerprint density at radius 2 is 1.73 bits per heavy atom. The molecule has 140 valence electrons. The smallest absolute Gasteiger partial charge is 0.244 e. The van der Waals surface area contributed by atoms with E-state index < -0.39 is 10.0 Å². The maximum atomic E-state index is 12.8. The Morgan fingerprint density at radius 1 is 1.08 bits per heavy atom. The summed E-state index contributed by atoms with van der Waals surface area (Å²) in [6.45, 7) is 2.43. The van der Waals surface area contributed by atoms with Gasteiger partial charge in [0.15, 0.2) is 0 Å². The first-order valence-corrected chi connectivity index (χ1v) is 11.4. The zero-order valence-electron chi connectivity index (χ0n) is 15.2. The lowest BCUT2D eigenvalue weighted by Gasteiger charge is -2.19. The molecule has 3 rings (SSSR count). The van der Waals surface area contributed by atoms with Gasteiger partial charge in [0.05, 0.1) is 7.11 Å². The number of nitrogens with one attached hydrogen (secondary N) is 1. The predicted octanol–water partition coefficient (Wildman–Crippen LogP) is 3.95. The molecule has 1 aliphatic carbocycles. The normalized spacial score (nSPS) is 14.1. The molecule has 0 radical (unpaired) electrons. The van der Waals surface area contributed by atoms with Crippen LogP contribution < -0.4 is 9.46 Å². The van der Waals surface area contributed by atoms with E-state index in [1.54, 1.807) is 17.8 Å². The number of rotatable bonds is 7. The van der Waals surface area contributed by atoms with E-state index in [-0.39, 0.29) is 4.90 Å². The summed E-state index contributed by atoms with van der Waals surface area (Å²) in [5.41, 5.74) is 3.56. The molecule has 0 saturated heterocycles. The van der Waals surface area contributed by atoms with Gasteiger partial charge in [-0.05, 0) is 68.0 Å². The van der Waals surface area contributed by atoms with E-state index in [4.69, 9.17) is 4.74 Å². The van der Waals surface area contributed by atoms with Gasteiger partial charge < -0.3 is 4.74 Å². The second-order valence-corrected chi connectivity index (χ2v) is 9.44. The number of ether oxygens (including phenoxy) is 1. The SMILES string of the molecule is COc1cc2c(cc1S(=O)(=O)NCCSc1ccc(C)cc1)CCCC2. The van der Waals surface area contributed by atoms with Crippen molar-refractivity contribution in [3.8, 4) is 5.75 Å². The zero-order valence-corrected chi connectivity index (χ0v) is 16.9. The Labute approximate surface area is 160 Å². The largest absolute Gasteiger partial charge is 0.495 e. The van der Waals surface area contributed by atoms with E-state index >= 15 is 0 Å². The van der Waals surface area contributed by atoms with Crippen LogP contribution in [-0.4, -0.2) is 27.8 Å². The van der Waals surface area contributed by atoms with E-state index in [0.29, 0.717) is 18.0 Å². The fraction of sp³-hybridized carbons (Fsp3) is 0.400. The maximum Gasteiger partial charge on any atom is 0.244 e. The van der Waals surface area contributed by atoms with E-state index in [0.717, 1.165) is 36.1 Å². The van der Waals surface area contributed by atoms with Gasteiger partial charge in [-0.25, -0.2) is 13.1 Å². The number of aryl methyl sites for hydroxylation is 3. The summed E-state index contributed by atoms with van der Waals surface area (Å²) in [6.07, 6.45) is 4.19. The summed E-state index contributed by atoms with van der Waals surface area (Å²) < 4.78 is 33.6. The van der Waals surface area contributed by atoms with Gasteiger partial charge >= 0.3 is 0 Å². The van der Waals surface area contributed by atoms with E-state index in [1.807, 2.05) is 6.07 Å². The Balaban J connectivity index is 1.66. The third-order valence-electron chi connectivity index (χ3n) is 4.60. The number of hydrogen-bond acceptors (Lipinski definition) is 4. The van der Waals surface area contributed by atoms with Crippen LogP contribution in [0.25, 0.3) is 0 Å². The van der Waals surface area contributed by atoms with E-state index in [1.165, 1.54) is 18.2 Å². The van der Waals surface area contributed by atoms with Crippen molar-refractivity contribution in [3.05, 3.63) is 53.1 Å². The van der Waals surface area contributed by atoms with Crippen molar-refractivity contribution in [2.45, 2.75) is 42.4 Å². The summed E-state index contributed by atoms with van der Waals surface area (Å²) in [7, 11) is -2.06. The Bertz CT molecular complexity index is 861. The van der Waals surface area contributed by atoms with Crippen molar-refractivity contribution >= 4 is 21.8 Å². The molecule has 0 aliphatic heterocycles. The topological polar surface area (TPSA) is 55.4 Å². The molecule has 0 aromatic heterocycles. The zero-order chi connectivity index (χ0) is 18.6. The van der Waals surface area contributed by atoms with E-state index in [9.17, 15) is 8.42 Å². The second-order valence-electron chi connectivity index (χ2n) is 6.54. The van der Waals surface area contributed by atoms with Crippen molar-refractivity contribution < 1.29 is 13.2 Å². The van der Waals surface area contributed by atoms with Crippen LogP contribution in [0.2, 0.25) is 0 Å². The first-order chi connectivity index (χ1) is 12.5. The van der Waals surface area contributed by atoms with Crippen LogP contribution >= 0.6 is 11.8 Å². The van der Waals surface area contributed by atoms with Crippen molar-refractivity contribution in [1.29, 1.82) is 0 Å². The fourth-order valence-corrected chi connectivity index (χ4v) is 5.30. The van der Waals surface area contributed by atoms with Gasteiger partial charge in [-0.1, -0.05) is 17.7 Å². The lowest BCUT2D eigenvalue weighted by atomic mass is 9.92. The Morgan fingerprint density at radius 3 is 2.38 bits per heavy atom. The summed E-state index contributed by atoms with van der Waals surface area (Å²) in [6, 6.07) is 11.9. The van der Waals surface area contributed by atoms with Crippen LogP contribution in [0.15, 0.2) is 46.2 Å². The molecule has 1 aliphatic rings. The van der Waals surface area contributed by atoms with Crippen molar-refractivity contribution in [3.63, 3.8) is 0 Å². The third kappa shape index (κ3) is 4.61. The molecule has 0 atom stereocenters. The summed E-state index contributed by atoms with van der Waals surface area (Å²) in [5, 5.41) is 0. The second kappa shape index (κ2) is 8.46. The fourth-order valence-electron chi connectivity index (χ4n) is 3.17. The van der Waals surface area contributed by atoms with Crippen LogP contribution in [0.5, 0.6) is 5.75 Å². The number of methoxy groups -OCH3 is 1. The molecule has 2 aromatic carbocycles. The van der Waals surface area contributed by atoms with Crippen molar-refractivity contribution in [1.82, 2.24) is 4.72 Å². The highest BCUT2D eigenvalue weighted by molar-refractivity contribution is 7.99. The Kier molecular flexibility index (Phi) is 6.27.